The molecule has 5 heteroatoms. The van der Waals surface area contributed by atoms with Crippen LogP contribution in [0, 0.1) is 0 Å². The monoisotopic (exact) mass is 260 g/mol. The fraction of sp³-hybridized carbons (Fsp3) is 0.0769. The number of ether oxygens (including phenoxy) is 1. The van der Waals surface area contributed by atoms with Gasteiger partial charge in [-0.25, -0.2) is 9.59 Å². The van der Waals surface area contributed by atoms with Gasteiger partial charge in [-0.1, -0.05) is 0 Å². The molecule has 0 saturated carbocycles. The van der Waals surface area contributed by atoms with Crippen LogP contribution in [0.5, 0.6) is 0 Å². The second-order valence-corrected chi connectivity index (χ2v) is 4.70. The fourth-order valence-corrected chi connectivity index (χ4v) is 2.66. The molecule has 0 amide bonds. The van der Waals surface area contributed by atoms with Crippen LogP contribution in [0.4, 0.5) is 0 Å². The van der Waals surface area contributed by atoms with Crippen molar-refractivity contribution in [2.45, 2.75) is 0 Å². The Hall–Kier alpha value is -2.14. The van der Waals surface area contributed by atoms with Crippen LogP contribution in [0.2, 0.25) is 0 Å². The van der Waals surface area contributed by atoms with Crippen molar-refractivity contribution in [1.82, 2.24) is 0 Å². The lowest BCUT2D eigenvalue weighted by Gasteiger charge is -2.01. The Labute approximate surface area is 105 Å². The predicted molar refractivity (Wildman–Crippen MR) is 69.2 cm³/mol. The van der Waals surface area contributed by atoms with Crippen LogP contribution < -0.4 is 5.63 Å². The minimum atomic E-state index is -0.684. The number of methoxy groups -OCH3 is 1. The highest BCUT2D eigenvalue weighted by Gasteiger charge is 2.15. The molecule has 90 valence electrons. The molecule has 0 fully saturated rings. The van der Waals surface area contributed by atoms with E-state index in [9.17, 15) is 9.59 Å². The van der Waals surface area contributed by atoms with Crippen molar-refractivity contribution < 1.29 is 13.9 Å². The third kappa shape index (κ3) is 1.52. The standard InChI is InChI=1S/C13H8O4S/c1-16-12(14)9-6-7-2-3-10-8(4-5-18-10)11(7)17-13(9)15/h2-6H,1H3. The van der Waals surface area contributed by atoms with E-state index in [0.717, 1.165) is 10.1 Å². The van der Waals surface area contributed by atoms with Crippen LogP contribution in [-0.2, 0) is 4.74 Å². The zero-order valence-electron chi connectivity index (χ0n) is 9.43. The molecule has 0 N–H and O–H groups in total. The van der Waals surface area contributed by atoms with Crippen molar-refractivity contribution in [1.29, 1.82) is 0 Å². The number of fused-ring (bicyclic) bond motifs is 3. The van der Waals surface area contributed by atoms with Crippen LogP contribution in [0.3, 0.4) is 0 Å². The summed E-state index contributed by atoms with van der Waals surface area (Å²) in [5, 5.41) is 3.52. The van der Waals surface area contributed by atoms with E-state index >= 15 is 0 Å². The van der Waals surface area contributed by atoms with Crippen molar-refractivity contribution in [3.05, 3.63) is 45.6 Å². The lowest BCUT2D eigenvalue weighted by molar-refractivity contribution is 0.0596. The molecule has 0 unspecified atom stereocenters. The van der Waals surface area contributed by atoms with Crippen LogP contribution in [0.1, 0.15) is 10.4 Å². The summed E-state index contributed by atoms with van der Waals surface area (Å²) in [6, 6.07) is 7.15. The van der Waals surface area contributed by atoms with Crippen molar-refractivity contribution in [3.63, 3.8) is 0 Å². The molecular formula is C13H8O4S. The summed E-state index contributed by atoms with van der Waals surface area (Å²) >= 11 is 1.57. The van der Waals surface area contributed by atoms with Crippen LogP contribution >= 0.6 is 11.3 Å². The molecule has 0 spiro atoms. The van der Waals surface area contributed by atoms with Gasteiger partial charge in [0.25, 0.3) is 0 Å². The molecule has 3 aromatic rings. The maximum absolute atomic E-state index is 11.7. The number of carbonyl (C=O) groups is 1. The second kappa shape index (κ2) is 3.96. The van der Waals surface area contributed by atoms with Gasteiger partial charge >= 0.3 is 11.6 Å². The van der Waals surface area contributed by atoms with E-state index in [0.29, 0.717) is 11.0 Å². The lowest BCUT2D eigenvalue weighted by atomic mass is 10.1. The summed E-state index contributed by atoms with van der Waals surface area (Å²) in [6.07, 6.45) is 0. The summed E-state index contributed by atoms with van der Waals surface area (Å²) in [5.41, 5.74) is -0.251. The zero-order valence-corrected chi connectivity index (χ0v) is 10.2. The van der Waals surface area contributed by atoms with E-state index < -0.39 is 11.6 Å². The van der Waals surface area contributed by atoms with Crippen LogP contribution in [-0.4, -0.2) is 13.1 Å². The average Bonchev–Trinajstić information content (AvgIpc) is 2.85. The molecule has 0 saturated heterocycles. The van der Waals surface area contributed by atoms with Gasteiger partial charge in [-0.05, 0) is 29.6 Å². The van der Waals surface area contributed by atoms with E-state index in [-0.39, 0.29) is 5.56 Å². The molecular weight excluding hydrogens is 252 g/mol. The normalized spacial score (nSPS) is 10.9. The van der Waals surface area contributed by atoms with Crippen molar-refractivity contribution in [3.8, 4) is 0 Å². The average molecular weight is 260 g/mol. The van der Waals surface area contributed by atoms with Gasteiger partial charge in [0.05, 0.1) is 7.11 Å². The third-order valence-corrected chi connectivity index (χ3v) is 3.62. The molecule has 0 aliphatic carbocycles. The molecule has 0 aliphatic heterocycles. The number of thiophene rings is 1. The summed E-state index contributed by atoms with van der Waals surface area (Å²) in [6.45, 7) is 0. The largest absolute Gasteiger partial charge is 0.465 e. The van der Waals surface area contributed by atoms with Gasteiger partial charge in [0.15, 0.2) is 0 Å². The quantitative estimate of drug-likeness (QED) is 0.498. The summed E-state index contributed by atoms with van der Waals surface area (Å²) in [4.78, 5) is 23.1. The first-order valence-electron chi connectivity index (χ1n) is 5.23. The molecule has 2 aromatic heterocycles. The highest BCUT2D eigenvalue weighted by molar-refractivity contribution is 7.17. The van der Waals surface area contributed by atoms with E-state index in [1.54, 1.807) is 11.3 Å². The SMILES string of the molecule is COC(=O)c1cc2ccc3sccc3c2oc1=O. The first-order chi connectivity index (χ1) is 8.70. The molecule has 4 nitrogen and oxygen atoms in total. The molecule has 18 heavy (non-hydrogen) atoms. The number of rotatable bonds is 1. The van der Waals surface area contributed by atoms with E-state index in [2.05, 4.69) is 4.74 Å². The molecule has 0 aliphatic rings. The van der Waals surface area contributed by atoms with Gasteiger partial charge in [-0.3, -0.25) is 0 Å². The highest BCUT2D eigenvalue weighted by atomic mass is 32.1. The van der Waals surface area contributed by atoms with Crippen LogP contribution in [0.25, 0.3) is 21.1 Å². The van der Waals surface area contributed by atoms with Gasteiger partial charge in [0.2, 0.25) is 0 Å². The Balaban J connectivity index is 2.41. The third-order valence-electron chi connectivity index (χ3n) is 2.74. The fourth-order valence-electron chi connectivity index (χ4n) is 1.88. The smallest absolute Gasteiger partial charge is 0.351 e. The minimum absolute atomic E-state index is 0.0837. The summed E-state index contributed by atoms with van der Waals surface area (Å²) < 4.78 is 10.8. The number of hydrogen-bond acceptors (Lipinski definition) is 5. The van der Waals surface area contributed by atoms with Gasteiger partial charge < -0.3 is 9.15 Å². The van der Waals surface area contributed by atoms with Crippen LogP contribution in [0.15, 0.2) is 38.9 Å². The first-order valence-corrected chi connectivity index (χ1v) is 6.11. The van der Waals surface area contributed by atoms with Crippen molar-refractivity contribution in [2.75, 3.05) is 7.11 Å². The summed E-state index contributed by atoms with van der Waals surface area (Å²) in [7, 11) is 1.23. The molecule has 0 bridgehead atoms. The Morgan fingerprint density at radius 3 is 2.94 bits per heavy atom. The molecule has 0 atom stereocenters. The van der Waals surface area contributed by atoms with Gasteiger partial charge in [0.1, 0.15) is 11.1 Å². The Bertz CT molecular complexity index is 813. The molecule has 3 rings (SSSR count). The minimum Gasteiger partial charge on any atom is -0.465 e. The Morgan fingerprint density at radius 1 is 1.33 bits per heavy atom. The number of esters is 1. The molecule has 2 heterocycles. The molecule has 0 radical (unpaired) electrons. The summed E-state index contributed by atoms with van der Waals surface area (Å²) in [5.74, 6) is -0.684. The van der Waals surface area contributed by atoms with Gasteiger partial charge in [0, 0.05) is 15.5 Å². The van der Waals surface area contributed by atoms with Crippen molar-refractivity contribution >= 4 is 38.4 Å². The number of benzene rings is 1. The second-order valence-electron chi connectivity index (χ2n) is 3.76. The Kier molecular flexibility index (Phi) is 2.41. The maximum Gasteiger partial charge on any atom is 0.351 e. The molecule has 1 aromatic carbocycles. The lowest BCUT2D eigenvalue weighted by Crippen LogP contribution is -2.14. The number of carbonyl (C=O) groups excluding carboxylic acids is 1. The van der Waals surface area contributed by atoms with Gasteiger partial charge in [-0.15, -0.1) is 11.3 Å². The first kappa shape index (κ1) is 11.0. The van der Waals surface area contributed by atoms with E-state index in [1.165, 1.54) is 13.2 Å². The predicted octanol–water partition coefficient (Wildman–Crippen LogP) is 2.79. The maximum atomic E-state index is 11.7. The van der Waals surface area contributed by atoms with Crippen molar-refractivity contribution in [2.24, 2.45) is 0 Å². The van der Waals surface area contributed by atoms with Gasteiger partial charge in [-0.2, -0.15) is 0 Å². The Morgan fingerprint density at radius 2 is 2.17 bits per heavy atom. The van der Waals surface area contributed by atoms with E-state index in [1.807, 2.05) is 23.6 Å². The topological polar surface area (TPSA) is 56.5 Å². The van der Waals surface area contributed by atoms with E-state index in [4.69, 9.17) is 4.42 Å². The zero-order chi connectivity index (χ0) is 12.7. The number of hydrogen-bond donors (Lipinski definition) is 0. The highest BCUT2D eigenvalue weighted by Crippen LogP contribution is 2.28.